The molecule has 0 aliphatic carbocycles. The Bertz CT molecular complexity index is 904. The lowest BCUT2D eigenvalue weighted by molar-refractivity contribution is -0.126. The molecule has 1 fully saturated rings. The van der Waals surface area contributed by atoms with Gasteiger partial charge in [-0.2, -0.15) is 5.10 Å². The fourth-order valence-electron chi connectivity index (χ4n) is 3.04. The zero-order valence-corrected chi connectivity index (χ0v) is 14.3. The van der Waals surface area contributed by atoms with Crippen molar-refractivity contribution in [3.8, 4) is 0 Å². The molecule has 0 radical (unpaired) electrons. The van der Waals surface area contributed by atoms with Crippen LogP contribution in [0.1, 0.15) is 12.1 Å². The summed E-state index contributed by atoms with van der Waals surface area (Å²) in [6, 6.07) is 9.46. The number of thiazole rings is 1. The molecule has 3 heterocycles. The summed E-state index contributed by atoms with van der Waals surface area (Å²) in [4.78, 5) is 31.2. The van der Waals surface area contributed by atoms with Gasteiger partial charge in [-0.05, 0) is 12.1 Å². The number of carbonyl (C=O) groups excluding carboxylic acids is 2. The molecule has 0 spiro atoms. The SMILES string of the molecule is O=C(NCCc1csc2ncnn12)C1CC(=O)N(c2ccccc2)C1. The van der Waals surface area contributed by atoms with Gasteiger partial charge in [0.1, 0.15) is 6.33 Å². The van der Waals surface area contributed by atoms with Gasteiger partial charge in [-0.15, -0.1) is 11.3 Å². The Kier molecular flexibility index (Phi) is 4.19. The number of fused-ring (bicyclic) bond motifs is 1. The number of hydrogen-bond acceptors (Lipinski definition) is 5. The minimum Gasteiger partial charge on any atom is -0.355 e. The highest BCUT2D eigenvalue weighted by atomic mass is 32.1. The molecule has 1 N–H and O–H groups in total. The highest BCUT2D eigenvalue weighted by Crippen LogP contribution is 2.24. The molecule has 1 aliphatic rings. The monoisotopic (exact) mass is 355 g/mol. The Morgan fingerprint density at radius 1 is 1.32 bits per heavy atom. The van der Waals surface area contributed by atoms with Crippen LogP contribution < -0.4 is 10.2 Å². The third-order valence-electron chi connectivity index (χ3n) is 4.33. The Labute approximate surface area is 148 Å². The molecule has 2 amide bonds. The standard InChI is InChI=1S/C17H17N5O2S/c23-15-8-12(9-21(15)13-4-2-1-3-5-13)16(24)18-7-6-14-10-25-17-19-11-20-22(14)17/h1-5,10-12H,6-9H2,(H,18,24). The number of nitrogens with one attached hydrogen (secondary N) is 1. The number of rotatable bonds is 5. The fourth-order valence-corrected chi connectivity index (χ4v) is 3.87. The van der Waals surface area contributed by atoms with E-state index in [4.69, 9.17) is 0 Å². The van der Waals surface area contributed by atoms with Crippen LogP contribution in [-0.2, 0) is 16.0 Å². The second kappa shape index (κ2) is 6.64. The van der Waals surface area contributed by atoms with Crippen molar-refractivity contribution in [2.24, 2.45) is 5.92 Å². The Balaban J connectivity index is 1.33. The Hall–Kier alpha value is -2.74. The minimum absolute atomic E-state index is 0.00601. The molecule has 1 saturated heterocycles. The number of aromatic nitrogens is 3. The summed E-state index contributed by atoms with van der Waals surface area (Å²) in [6.07, 6.45) is 2.46. The lowest BCUT2D eigenvalue weighted by atomic mass is 10.1. The number of benzene rings is 1. The number of carbonyl (C=O) groups is 2. The van der Waals surface area contributed by atoms with Crippen LogP contribution in [0.25, 0.3) is 4.96 Å². The van der Waals surface area contributed by atoms with E-state index in [9.17, 15) is 9.59 Å². The van der Waals surface area contributed by atoms with Crippen LogP contribution in [0, 0.1) is 5.92 Å². The number of para-hydroxylation sites is 1. The average Bonchev–Trinajstić information content (AvgIpc) is 3.32. The van der Waals surface area contributed by atoms with Crippen molar-refractivity contribution in [2.45, 2.75) is 12.8 Å². The third kappa shape index (κ3) is 3.12. The molecule has 8 heteroatoms. The van der Waals surface area contributed by atoms with Gasteiger partial charge in [0.25, 0.3) is 0 Å². The third-order valence-corrected chi connectivity index (χ3v) is 5.21. The first-order valence-electron chi connectivity index (χ1n) is 8.11. The van der Waals surface area contributed by atoms with E-state index in [1.165, 1.54) is 17.7 Å². The average molecular weight is 355 g/mol. The van der Waals surface area contributed by atoms with Gasteiger partial charge in [0.05, 0.1) is 11.6 Å². The molecule has 0 saturated carbocycles. The number of anilines is 1. The van der Waals surface area contributed by atoms with Gasteiger partial charge >= 0.3 is 0 Å². The molecule has 1 unspecified atom stereocenters. The fraction of sp³-hybridized carbons (Fsp3) is 0.294. The maximum absolute atomic E-state index is 12.4. The maximum atomic E-state index is 12.4. The summed E-state index contributed by atoms with van der Waals surface area (Å²) in [7, 11) is 0. The largest absolute Gasteiger partial charge is 0.355 e. The lowest BCUT2D eigenvalue weighted by Crippen LogP contribution is -2.34. The van der Waals surface area contributed by atoms with E-state index in [1.54, 1.807) is 9.42 Å². The van der Waals surface area contributed by atoms with E-state index >= 15 is 0 Å². The normalized spacial score (nSPS) is 17.4. The van der Waals surface area contributed by atoms with E-state index < -0.39 is 0 Å². The molecular formula is C17H17N5O2S. The van der Waals surface area contributed by atoms with Crippen molar-refractivity contribution >= 4 is 33.8 Å². The quantitative estimate of drug-likeness (QED) is 0.752. The van der Waals surface area contributed by atoms with Crippen molar-refractivity contribution in [3.05, 3.63) is 47.7 Å². The summed E-state index contributed by atoms with van der Waals surface area (Å²) in [6.45, 7) is 0.945. The van der Waals surface area contributed by atoms with Gasteiger partial charge < -0.3 is 10.2 Å². The van der Waals surface area contributed by atoms with Crippen molar-refractivity contribution in [1.29, 1.82) is 0 Å². The van der Waals surface area contributed by atoms with Gasteiger partial charge in [0.2, 0.25) is 16.8 Å². The van der Waals surface area contributed by atoms with Crippen LogP contribution in [0.5, 0.6) is 0 Å². The van der Waals surface area contributed by atoms with E-state index in [1.807, 2.05) is 35.7 Å². The minimum atomic E-state index is -0.304. The summed E-state index contributed by atoms with van der Waals surface area (Å²) in [5.41, 5.74) is 1.86. The van der Waals surface area contributed by atoms with Crippen molar-refractivity contribution in [1.82, 2.24) is 19.9 Å². The van der Waals surface area contributed by atoms with E-state index in [0.29, 0.717) is 19.5 Å². The molecular weight excluding hydrogens is 338 g/mol. The van der Waals surface area contributed by atoms with Crippen molar-refractivity contribution < 1.29 is 9.59 Å². The van der Waals surface area contributed by atoms with E-state index in [-0.39, 0.29) is 24.2 Å². The van der Waals surface area contributed by atoms with Gasteiger partial charge in [0.15, 0.2) is 0 Å². The molecule has 4 rings (SSSR count). The van der Waals surface area contributed by atoms with E-state index in [0.717, 1.165) is 16.3 Å². The molecule has 1 aliphatic heterocycles. The smallest absolute Gasteiger partial charge is 0.227 e. The van der Waals surface area contributed by atoms with Gasteiger partial charge in [-0.1, -0.05) is 18.2 Å². The van der Waals surface area contributed by atoms with Gasteiger partial charge in [-0.25, -0.2) is 9.50 Å². The molecule has 0 bridgehead atoms. The zero-order valence-electron chi connectivity index (χ0n) is 13.5. The van der Waals surface area contributed by atoms with Crippen LogP contribution in [0.2, 0.25) is 0 Å². The summed E-state index contributed by atoms with van der Waals surface area (Å²) in [5.74, 6) is -0.382. The Morgan fingerprint density at radius 2 is 2.16 bits per heavy atom. The maximum Gasteiger partial charge on any atom is 0.227 e. The first-order valence-corrected chi connectivity index (χ1v) is 8.99. The first kappa shape index (κ1) is 15.8. The van der Waals surface area contributed by atoms with Crippen molar-refractivity contribution in [3.63, 3.8) is 0 Å². The van der Waals surface area contributed by atoms with Crippen molar-refractivity contribution in [2.75, 3.05) is 18.0 Å². The van der Waals surface area contributed by atoms with Crippen LogP contribution >= 0.6 is 11.3 Å². The molecule has 2 aromatic heterocycles. The molecule has 1 aromatic carbocycles. The highest BCUT2D eigenvalue weighted by Gasteiger charge is 2.34. The van der Waals surface area contributed by atoms with E-state index in [2.05, 4.69) is 15.4 Å². The summed E-state index contributed by atoms with van der Waals surface area (Å²) >= 11 is 1.53. The summed E-state index contributed by atoms with van der Waals surface area (Å²) < 4.78 is 1.78. The Morgan fingerprint density at radius 3 is 3.00 bits per heavy atom. The van der Waals surface area contributed by atoms with Crippen LogP contribution in [0.4, 0.5) is 5.69 Å². The molecule has 128 valence electrons. The lowest BCUT2D eigenvalue weighted by Gasteiger charge is -2.16. The number of nitrogens with zero attached hydrogens (tertiary/aromatic N) is 4. The zero-order chi connectivity index (χ0) is 17.2. The van der Waals surface area contributed by atoms with Gasteiger partial charge in [0, 0.05) is 37.0 Å². The van der Waals surface area contributed by atoms with Crippen LogP contribution in [0.3, 0.4) is 0 Å². The predicted molar refractivity (Wildman–Crippen MR) is 94.5 cm³/mol. The van der Waals surface area contributed by atoms with Crippen LogP contribution in [-0.4, -0.2) is 39.5 Å². The van der Waals surface area contributed by atoms with Crippen LogP contribution in [0.15, 0.2) is 42.0 Å². The molecule has 3 aromatic rings. The molecule has 1 atom stereocenters. The predicted octanol–water partition coefficient (Wildman–Crippen LogP) is 1.50. The topological polar surface area (TPSA) is 79.6 Å². The molecule has 7 nitrogen and oxygen atoms in total. The second-order valence-electron chi connectivity index (χ2n) is 5.96. The second-order valence-corrected chi connectivity index (χ2v) is 6.80. The first-order chi connectivity index (χ1) is 12.2. The summed E-state index contributed by atoms with van der Waals surface area (Å²) in [5, 5.41) is 9.09. The molecule has 25 heavy (non-hydrogen) atoms. The number of hydrogen-bond donors (Lipinski definition) is 1. The highest BCUT2D eigenvalue weighted by molar-refractivity contribution is 7.15. The van der Waals surface area contributed by atoms with Gasteiger partial charge in [-0.3, -0.25) is 9.59 Å². The number of amides is 2.